The average molecular weight is 276 g/mol. The summed E-state index contributed by atoms with van der Waals surface area (Å²) in [6.45, 7) is 1.68. The summed E-state index contributed by atoms with van der Waals surface area (Å²) in [7, 11) is 0. The highest BCUT2D eigenvalue weighted by atomic mass is 16.4. The molecule has 0 spiro atoms. The maximum atomic E-state index is 11.2. The maximum absolute atomic E-state index is 11.2. The lowest BCUT2D eigenvalue weighted by Crippen LogP contribution is -2.20. The van der Waals surface area contributed by atoms with E-state index in [1.807, 2.05) is 0 Å². The molecule has 0 aliphatic carbocycles. The standard InChI is InChI=1S/C12H12N4O4/c1-2-8(11(17)18)16-10(7-3-5-13-6-4-7)9(12(19)20)14-15-16/h3-6,8H,2H2,1H3,(H,17,18)(H,19,20). The van der Waals surface area contributed by atoms with Gasteiger partial charge in [-0.2, -0.15) is 0 Å². The number of carboxylic acid groups (broad SMARTS) is 2. The van der Waals surface area contributed by atoms with Crippen LogP contribution in [0, 0.1) is 0 Å². The first-order valence-electron chi connectivity index (χ1n) is 5.88. The quantitative estimate of drug-likeness (QED) is 0.838. The van der Waals surface area contributed by atoms with Crippen LogP contribution in [0.4, 0.5) is 0 Å². The Hall–Kier alpha value is -2.77. The second-order valence-corrected chi connectivity index (χ2v) is 4.03. The second kappa shape index (κ2) is 5.47. The van der Waals surface area contributed by atoms with Crippen molar-refractivity contribution in [3.8, 4) is 11.3 Å². The van der Waals surface area contributed by atoms with Gasteiger partial charge in [-0.25, -0.2) is 14.3 Å². The molecule has 1 unspecified atom stereocenters. The third kappa shape index (κ3) is 2.35. The molecular formula is C12H12N4O4. The van der Waals surface area contributed by atoms with Crippen molar-refractivity contribution in [1.29, 1.82) is 0 Å². The predicted octanol–water partition coefficient (Wildman–Crippen LogP) is 1.07. The number of aromatic carboxylic acids is 1. The molecule has 2 N–H and O–H groups in total. The highest BCUT2D eigenvalue weighted by Gasteiger charge is 2.27. The number of aliphatic carboxylic acids is 1. The van der Waals surface area contributed by atoms with Gasteiger partial charge in [0.05, 0.1) is 0 Å². The zero-order valence-electron chi connectivity index (χ0n) is 10.6. The summed E-state index contributed by atoms with van der Waals surface area (Å²) in [5, 5.41) is 25.6. The van der Waals surface area contributed by atoms with Crippen molar-refractivity contribution in [3.63, 3.8) is 0 Å². The summed E-state index contributed by atoms with van der Waals surface area (Å²) in [5.74, 6) is -2.35. The van der Waals surface area contributed by atoms with Crippen LogP contribution < -0.4 is 0 Å². The fraction of sp³-hybridized carbons (Fsp3) is 0.250. The molecule has 0 saturated carbocycles. The number of carbonyl (C=O) groups is 2. The molecule has 0 aliphatic heterocycles. The minimum Gasteiger partial charge on any atom is -0.480 e. The van der Waals surface area contributed by atoms with Gasteiger partial charge in [0.2, 0.25) is 0 Å². The number of nitrogens with zero attached hydrogens (tertiary/aromatic N) is 4. The van der Waals surface area contributed by atoms with E-state index in [1.54, 1.807) is 19.1 Å². The minimum absolute atomic E-state index is 0.161. The maximum Gasteiger partial charge on any atom is 0.358 e. The zero-order chi connectivity index (χ0) is 14.7. The first-order chi connectivity index (χ1) is 9.56. The van der Waals surface area contributed by atoms with Crippen LogP contribution in [0.1, 0.15) is 29.9 Å². The predicted molar refractivity (Wildman–Crippen MR) is 67.2 cm³/mol. The lowest BCUT2D eigenvalue weighted by molar-refractivity contribution is -0.141. The second-order valence-electron chi connectivity index (χ2n) is 4.03. The van der Waals surface area contributed by atoms with Crippen molar-refractivity contribution in [2.75, 3.05) is 0 Å². The van der Waals surface area contributed by atoms with Crippen LogP contribution in [-0.2, 0) is 4.79 Å². The molecule has 2 aromatic heterocycles. The van der Waals surface area contributed by atoms with Crippen molar-refractivity contribution in [2.24, 2.45) is 0 Å². The summed E-state index contributed by atoms with van der Waals surface area (Å²) in [5.41, 5.74) is 0.382. The Balaban J connectivity index is 2.65. The monoisotopic (exact) mass is 276 g/mol. The van der Waals surface area contributed by atoms with Gasteiger partial charge in [0.15, 0.2) is 11.7 Å². The number of pyridine rings is 1. The Kier molecular flexibility index (Phi) is 3.74. The molecule has 0 amide bonds. The van der Waals surface area contributed by atoms with E-state index in [-0.39, 0.29) is 17.8 Å². The Morgan fingerprint density at radius 3 is 2.45 bits per heavy atom. The van der Waals surface area contributed by atoms with Gasteiger partial charge < -0.3 is 10.2 Å². The van der Waals surface area contributed by atoms with Crippen molar-refractivity contribution in [1.82, 2.24) is 20.0 Å². The van der Waals surface area contributed by atoms with Gasteiger partial charge in [0.25, 0.3) is 0 Å². The largest absolute Gasteiger partial charge is 0.480 e. The molecule has 0 bridgehead atoms. The van der Waals surface area contributed by atoms with Crippen LogP contribution in [0.3, 0.4) is 0 Å². The number of rotatable bonds is 5. The summed E-state index contributed by atoms with van der Waals surface area (Å²) in [4.78, 5) is 26.3. The highest BCUT2D eigenvalue weighted by molar-refractivity contribution is 5.93. The Bertz CT molecular complexity index is 638. The van der Waals surface area contributed by atoms with Gasteiger partial charge in [-0.05, 0) is 18.6 Å². The van der Waals surface area contributed by atoms with Gasteiger partial charge >= 0.3 is 11.9 Å². The Labute approximate surface area is 113 Å². The number of carboxylic acids is 2. The zero-order valence-corrected chi connectivity index (χ0v) is 10.6. The lowest BCUT2D eigenvalue weighted by atomic mass is 10.1. The summed E-state index contributed by atoms with van der Waals surface area (Å²) in [6, 6.07) is 2.19. The van der Waals surface area contributed by atoms with Crippen molar-refractivity contribution in [3.05, 3.63) is 30.2 Å². The van der Waals surface area contributed by atoms with Gasteiger partial charge in [0, 0.05) is 18.0 Å². The molecule has 2 rings (SSSR count). The van der Waals surface area contributed by atoms with Crippen LogP contribution in [0.25, 0.3) is 11.3 Å². The average Bonchev–Trinajstić information content (AvgIpc) is 2.85. The van der Waals surface area contributed by atoms with Crippen LogP contribution >= 0.6 is 0 Å². The fourth-order valence-corrected chi connectivity index (χ4v) is 1.89. The van der Waals surface area contributed by atoms with Gasteiger partial charge in [-0.15, -0.1) is 5.10 Å². The number of aromatic nitrogens is 4. The third-order valence-corrected chi connectivity index (χ3v) is 2.82. The number of hydrogen-bond acceptors (Lipinski definition) is 5. The van der Waals surface area contributed by atoms with Gasteiger partial charge in [-0.1, -0.05) is 12.1 Å². The van der Waals surface area contributed by atoms with E-state index in [2.05, 4.69) is 15.3 Å². The molecule has 0 aromatic carbocycles. The first-order valence-corrected chi connectivity index (χ1v) is 5.88. The van der Waals surface area contributed by atoms with Crippen LogP contribution in [0.5, 0.6) is 0 Å². The van der Waals surface area contributed by atoms with Crippen molar-refractivity contribution >= 4 is 11.9 Å². The summed E-state index contributed by atoms with van der Waals surface area (Å²) in [6.07, 6.45) is 3.23. The SMILES string of the molecule is CCC(C(=O)O)n1nnc(C(=O)O)c1-c1ccncc1. The third-order valence-electron chi connectivity index (χ3n) is 2.82. The Morgan fingerprint density at radius 2 is 1.95 bits per heavy atom. The van der Waals surface area contributed by atoms with E-state index in [0.717, 1.165) is 4.68 Å². The number of hydrogen-bond donors (Lipinski definition) is 2. The smallest absolute Gasteiger partial charge is 0.358 e. The highest BCUT2D eigenvalue weighted by Crippen LogP contribution is 2.26. The molecule has 0 aliphatic rings. The van der Waals surface area contributed by atoms with Crippen LogP contribution in [0.15, 0.2) is 24.5 Å². The molecule has 0 fully saturated rings. The molecule has 1 atom stereocenters. The topological polar surface area (TPSA) is 118 Å². The Morgan fingerprint density at radius 1 is 1.30 bits per heavy atom. The van der Waals surface area contributed by atoms with Gasteiger partial charge in [0.1, 0.15) is 5.69 Å². The summed E-state index contributed by atoms with van der Waals surface area (Å²) >= 11 is 0. The van der Waals surface area contributed by atoms with E-state index in [0.29, 0.717) is 5.56 Å². The summed E-state index contributed by atoms with van der Waals surface area (Å²) < 4.78 is 1.13. The lowest BCUT2D eigenvalue weighted by Gasteiger charge is -2.13. The van der Waals surface area contributed by atoms with E-state index < -0.39 is 18.0 Å². The molecule has 2 aromatic rings. The minimum atomic E-state index is -1.26. The molecule has 0 saturated heterocycles. The van der Waals surface area contributed by atoms with E-state index in [1.165, 1.54) is 12.4 Å². The molecular weight excluding hydrogens is 264 g/mol. The van der Waals surface area contributed by atoms with Crippen molar-refractivity contribution in [2.45, 2.75) is 19.4 Å². The van der Waals surface area contributed by atoms with E-state index in [9.17, 15) is 14.7 Å². The normalized spacial score (nSPS) is 12.1. The van der Waals surface area contributed by atoms with Crippen LogP contribution in [-0.4, -0.2) is 42.1 Å². The molecule has 8 nitrogen and oxygen atoms in total. The first kappa shape index (κ1) is 13.7. The van der Waals surface area contributed by atoms with Gasteiger partial charge in [-0.3, -0.25) is 4.98 Å². The van der Waals surface area contributed by atoms with Crippen LogP contribution in [0.2, 0.25) is 0 Å². The van der Waals surface area contributed by atoms with E-state index >= 15 is 0 Å². The molecule has 8 heteroatoms. The molecule has 0 radical (unpaired) electrons. The molecule has 104 valence electrons. The van der Waals surface area contributed by atoms with Crippen molar-refractivity contribution < 1.29 is 19.8 Å². The molecule has 20 heavy (non-hydrogen) atoms. The molecule has 2 heterocycles. The fourth-order valence-electron chi connectivity index (χ4n) is 1.89. The van der Waals surface area contributed by atoms with E-state index in [4.69, 9.17) is 5.11 Å².